The van der Waals surface area contributed by atoms with E-state index in [1.54, 1.807) is 33.4 Å². The molecule has 9 aliphatic carbocycles. The molecule has 5 atom stereocenters. The fraction of sp³-hybridized carbons (Fsp3) is 0.296. The van der Waals surface area contributed by atoms with Crippen LogP contribution in [-0.2, 0) is 0 Å². The van der Waals surface area contributed by atoms with Gasteiger partial charge in [0, 0.05) is 42.1 Å². The van der Waals surface area contributed by atoms with Crippen LogP contribution >= 0.6 is 0 Å². The van der Waals surface area contributed by atoms with Crippen molar-refractivity contribution in [1.29, 1.82) is 0 Å². The van der Waals surface area contributed by atoms with Crippen molar-refractivity contribution >= 4 is 11.1 Å². The summed E-state index contributed by atoms with van der Waals surface area (Å²) in [5.41, 5.74) is 21.2. The molecule has 0 radical (unpaired) electrons. The van der Waals surface area contributed by atoms with Gasteiger partial charge in [-0.15, -0.1) is 0 Å². The Balaban J connectivity index is 0.867. The summed E-state index contributed by atoms with van der Waals surface area (Å²) in [5, 5.41) is 10.4. The van der Waals surface area contributed by atoms with Crippen LogP contribution in [0.1, 0.15) is 64.2 Å². The Morgan fingerprint density at radius 1 is 0.544 bits per heavy atom. The van der Waals surface area contributed by atoms with Crippen molar-refractivity contribution in [2.24, 2.45) is 23.7 Å². The van der Waals surface area contributed by atoms with Gasteiger partial charge >= 0.3 is 0 Å². The Morgan fingerprint density at radius 2 is 1.19 bits per heavy atom. The second-order valence-electron chi connectivity index (χ2n) is 17.6. The minimum atomic E-state index is 0.159. The van der Waals surface area contributed by atoms with Gasteiger partial charge in [0.1, 0.15) is 0 Å². The minimum Gasteiger partial charge on any atom is -0.351 e. The van der Waals surface area contributed by atoms with Gasteiger partial charge in [-0.2, -0.15) is 0 Å². The first-order chi connectivity index (χ1) is 28.3. The van der Waals surface area contributed by atoms with Crippen LogP contribution in [0.5, 0.6) is 0 Å². The number of hydrogen-bond donors (Lipinski definition) is 2. The van der Waals surface area contributed by atoms with Crippen molar-refractivity contribution in [3.63, 3.8) is 0 Å². The topological polar surface area (TPSA) is 27.3 Å². The first kappa shape index (κ1) is 33.7. The predicted molar refractivity (Wildman–Crippen MR) is 234 cm³/mol. The zero-order chi connectivity index (χ0) is 37.5. The number of hydrogen-bond acceptors (Lipinski definition) is 3. The highest BCUT2D eigenvalue weighted by Crippen LogP contribution is 2.62. The van der Waals surface area contributed by atoms with E-state index in [2.05, 4.69) is 149 Å². The van der Waals surface area contributed by atoms with Crippen molar-refractivity contribution in [2.75, 3.05) is 6.54 Å². The zero-order valence-electron chi connectivity index (χ0n) is 32.8. The van der Waals surface area contributed by atoms with Gasteiger partial charge in [-0.05, 0) is 136 Å². The lowest BCUT2D eigenvalue weighted by Gasteiger charge is -2.35. The summed E-state index contributed by atoms with van der Waals surface area (Å²) in [5.74, 6) is 1.57. The predicted octanol–water partition coefficient (Wildman–Crippen LogP) is 9.93. The first-order valence-electron chi connectivity index (χ1n) is 21.8. The third kappa shape index (κ3) is 5.42. The zero-order valence-corrected chi connectivity index (χ0v) is 32.8. The Bertz CT molecular complexity index is 2620. The highest BCUT2D eigenvalue weighted by molar-refractivity contribution is 5.85. The van der Waals surface area contributed by atoms with Crippen LogP contribution in [0.15, 0.2) is 201 Å². The molecule has 11 aliphatic rings. The van der Waals surface area contributed by atoms with Crippen LogP contribution in [0, 0.1) is 23.7 Å². The average molecular weight is 742 g/mol. The second kappa shape index (κ2) is 13.6. The molecule has 1 aromatic rings. The van der Waals surface area contributed by atoms with E-state index in [9.17, 15) is 0 Å². The highest BCUT2D eigenvalue weighted by atomic mass is 15.4. The molecule has 1 aromatic carbocycles. The number of nitrogens with zero attached hydrogens (tertiary/aromatic N) is 1. The molecule has 3 nitrogen and oxygen atoms in total. The first-order valence-corrected chi connectivity index (χ1v) is 21.8. The Morgan fingerprint density at radius 3 is 1.86 bits per heavy atom. The largest absolute Gasteiger partial charge is 0.351 e. The summed E-state index contributed by atoms with van der Waals surface area (Å²) in [6.45, 7) is 0.980. The summed E-state index contributed by atoms with van der Waals surface area (Å²) in [7, 11) is 0. The van der Waals surface area contributed by atoms with Crippen molar-refractivity contribution in [2.45, 2.75) is 70.5 Å². The maximum atomic E-state index is 3.78. The van der Waals surface area contributed by atoms with E-state index in [1.807, 2.05) is 0 Å². The standard InChI is InChI=1S/C54H51N3/c1-3-12-38(13-4-1)49-43-17-8-9-18-44(43)50(39-14-5-2-6-15-39)53-46-31-30-41(42-19-11-20-45(51(42)46)52(49)53)36-26-22-34(23-27-36)35-24-28-37(29-25-35)47-33-57-48-21-10-7-16-40(48)32-55-54(57)56-47/h1-3,5,8-12,14,17-22,24,26,28,30-31,33,42,51-56H,4,6-7,13,15-16,23,25,27,29,32H2. The SMILES string of the molecule is C1=CCCC(C2=c3ccccc3=C(C3=CC=CCC3)C3C4=CC=C(C5=CC=C(C6=CC=C(C7=CN8C9=C(CCC=C9)CNC8N7)CC6)CC5)C5C=CC=C(C45)C23)=C1. The molecule has 1 fully saturated rings. The maximum Gasteiger partial charge on any atom is 0.159 e. The van der Waals surface area contributed by atoms with Crippen LogP contribution in [0.25, 0.3) is 11.1 Å². The van der Waals surface area contributed by atoms with E-state index >= 15 is 0 Å². The van der Waals surface area contributed by atoms with E-state index in [4.69, 9.17) is 0 Å². The fourth-order valence-corrected chi connectivity index (χ4v) is 12.1. The minimum absolute atomic E-state index is 0.159. The van der Waals surface area contributed by atoms with E-state index in [0.29, 0.717) is 23.7 Å². The maximum absolute atomic E-state index is 3.78. The number of fused-ring (bicyclic) bond motifs is 6. The van der Waals surface area contributed by atoms with Gasteiger partial charge in [-0.25, -0.2) is 0 Å². The molecule has 282 valence electrons. The lowest BCUT2D eigenvalue weighted by Crippen LogP contribution is -2.52. The third-order valence-corrected chi connectivity index (χ3v) is 14.7. The van der Waals surface area contributed by atoms with Crippen LogP contribution in [-0.4, -0.2) is 17.7 Å². The monoisotopic (exact) mass is 741 g/mol. The fourth-order valence-electron chi connectivity index (χ4n) is 12.1. The summed E-state index contributed by atoms with van der Waals surface area (Å²) < 4.78 is 0. The van der Waals surface area contributed by atoms with Crippen molar-refractivity contribution in [3.05, 3.63) is 211 Å². The lowest BCUT2D eigenvalue weighted by atomic mass is 9.69. The average Bonchev–Trinajstić information content (AvgIpc) is 3.88. The highest BCUT2D eigenvalue weighted by Gasteiger charge is 2.52. The van der Waals surface area contributed by atoms with Gasteiger partial charge in [-0.1, -0.05) is 133 Å². The van der Waals surface area contributed by atoms with Crippen LogP contribution in [0.3, 0.4) is 0 Å². The number of benzene rings is 1. The quantitative estimate of drug-likeness (QED) is 0.315. The Kier molecular flexibility index (Phi) is 8.07. The normalized spacial score (nSPS) is 30.5. The van der Waals surface area contributed by atoms with Gasteiger partial charge < -0.3 is 10.2 Å². The van der Waals surface area contributed by atoms with Gasteiger partial charge in [-0.3, -0.25) is 5.32 Å². The molecule has 2 aliphatic heterocycles. The van der Waals surface area contributed by atoms with Crippen molar-refractivity contribution in [1.82, 2.24) is 15.5 Å². The Labute approximate surface area is 337 Å². The molecule has 0 aromatic heterocycles. The van der Waals surface area contributed by atoms with Gasteiger partial charge in [0.15, 0.2) is 6.29 Å². The molecule has 1 saturated carbocycles. The Hall–Kier alpha value is -5.38. The molecule has 0 bridgehead atoms. The summed E-state index contributed by atoms with van der Waals surface area (Å²) in [6.07, 6.45) is 54.8. The smallest absolute Gasteiger partial charge is 0.159 e. The molecule has 2 N–H and O–H groups in total. The van der Waals surface area contributed by atoms with Crippen molar-refractivity contribution in [3.8, 4) is 0 Å². The second-order valence-corrected chi connectivity index (χ2v) is 17.6. The number of nitrogens with one attached hydrogen (secondary N) is 2. The number of allylic oxidation sites excluding steroid dienone is 26. The van der Waals surface area contributed by atoms with Crippen LogP contribution in [0.4, 0.5) is 0 Å². The number of rotatable bonds is 5. The molecule has 3 heteroatoms. The van der Waals surface area contributed by atoms with Crippen LogP contribution in [0.2, 0.25) is 0 Å². The summed E-state index contributed by atoms with van der Waals surface area (Å²) in [4.78, 5) is 2.41. The molecule has 0 spiro atoms. The third-order valence-electron chi connectivity index (χ3n) is 14.7. The molecule has 0 saturated heterocycles. The van der Waals surface area contributed by atoms with Gasteiger partial charge in [0.25, 0.3) is 0 Å². The molecule has 5 unspecified atom stereocenters. The molecule has 57 heavy (non-hydrogen) atoms. The van der Waals surface area contributed by atoms with Crippen LogP contribution < -0.4 is 21.1 Å². The molecular weight excluding hydrogens is 691 g/mol. The lowest BCUT2D eigenvalue weighted by molar-refractivity contribution is 0.269. The van der Waals surface area contributed by atoms with E-state index in [0.717, 1.165) is 64.3 Å². The van der Waals surface area contributed by atoms with E-state index < -0.39 is 0 Å². The van der Waals surface area contributed by atoms with E-state index in [1.165, 1.54) is 61.7 Å². The summed E-state index contributed by atoms with van der Waals surface area (Å²) in [6, 6.07) is 9.40. The van der Waals surface area contributed by atoms with Crippen molar-refractivity contribution < 1.29 is 0 Å². The van der Waals surface area contributed by atoms with Gasteiger partial charge in [0.2, 0.25) is 0 Å². The van der Waals surface area contributed by atoms with E-state index in [-0.39, 0.29) is 6.29 Å². The molecule has 0 amide bonds. The molecule has 2 heterocycles. The van der Waals surface area contributed by atoms with Gasteiger partial charge in [0.05, 0.1) is 5.70 Å². The summed E-state index contributed by atoms with van der Waals surface area (Å²) >= 11 is 0. The molecule has 12 rings (SSSR count). The molecular formula is C54H51N3.